The van der Waals surface area contributed by atoms with E-state index in [0.717, 1.165) is 35.5 Å². The molecule has 1 aromatic carbocycles. The van der Waals surface area contributed by atoms with E-state index in [1.54, 1.807) is 0 Å². The van der Waals surface area contributed by atoms with Gasteiger partial charge in [-0.1, -0.05) is 26.0 Å². The molecule has 1 N–H and O–H groups in total. The van der Waals surface area contributed by atoms with Crippen LogP contribution in [-0.4, -0.2) is 21.7 Å². The first kappa shape index (κ1) is 16.7. The molecule has 1 fully saturated rings. The van der Waals surface area contributed by atoms with Crippen LogP contribution in [0.5, 0.6) is 0 Å². The molecule has 1 aromatic heterocycles. The molecule has 0 radical (unpaired) electrons. The Morgan fingerprint density at radius 1 is 1.25 bits per heavy atom. The molecule has 24 heavy (non-hydrogen) atoms. The molecule has 1 aliphatic rings. The summed E-state index contributed by atoms with van der Waals surface area (Å²) in [6.45, 7) is 10.3. The summed E-state index contributed by atoms with van der Waals surface area (Å²) in [4.78, 5) is 12.9. The van der Waals surface area contributed by atoms with Gasteiger partial charge in [0, 0.05) is 12.0 Å². The number of aromatic nitrogens is 2. The van der Waals surface area contributed by atoms with Gasteiger partial charge in [0.05, 0.1) is 22.6 Å². The Balaban J connectivity index is 2.18. The fraction of sp³-hybridized carbons (Fsp3) is 0.500. The van der Waals surface area contributed by atoms with Crippen LogP contribution in [0.15, 0.2) is 24.3 Å². The summed E-state index contributed by atoms with van der Waals surface area (Å²) in [5.74, 6) is 0.661. The van der Waals surface area contributed by atoms with Gasteiger partial charge in [-0.05, 0) is 57.2 Å². The topological polar surface area (TPSA) is 46.9 Å². The van der Waals surface area contributed by atoms with Crippen molar-refractivity contribution in [3.63, 3.8) is 0 Å². The first-order valence-corrected chi connectivity index (χ1v) is 8.89. The monoisotopic (exact) mass is 325 g/mol. The molecule has 128 valence electrons. The second-order valence-corrected chi connectivity index (χ2v) is 7.45. The molecule has 0 spiro atoms. The smallest absolute Gasteiger partial charge is 0.255 e. The molecule has 1 heterocycles. The van der Waals surface area contributed by atoms with Gasteiger partial charge in [-0.3, -0.25) is 4.79 Å². The molecule has 0 atom stereocenters. The summed E-state index contributed by atoms with van der Waals surface area (Å²) in [6.07, 6.45) is 2.26. The highest BCUT2D eigenvalue weighted by Gasteiger charge is 2.35. The van der Waals surface area contributed by atoms with Crippen LogP contribution in [0.2, 0.25) is 0 Å². The van der Waals surface area contributed by atoms with Crippen molar-refractivity contribution in [1.82, 2.24) is 15.1 Å². The molecule has 3 rings (SSSR count). The number of carbonyl (C=O) groups excluding carboxylic acids is 1. The highest BCUT2D eigenvalue weighted by molar-refractivity contribution is 5.97. The fourth-order valence-corrected chi connectivity index (χ4v) is 3.15. The molecule has 0 saturated heterocycles. The maximum Gasteiger partial charge on any atom is 0.255 e. The normalized spacial score (nSPS) is 14.5. The molecule has 1 saturated carbocycles. The van der Waals surface area contributed by atoms with Gasteiger partial charge in [0.25, 0.3) is 5.91 Å². The Labute approximate surface area is 144 Å². The predicted octanol–water partition coefficient (Wildman–Crippen LogP) is 4.32. The second-order valence-electron chi connectivity index (χ2n) is 7.45. The van der Waals surface area contributed by atoms with E-state index in [0.29, 0.717) is 5.92 Å². The van der Waals surface area contributed by atoms with E-state index < -0.39 is 0 Å². The second kappa shape index (κ2) is 6.42. The lowest BCUT2D eigenvalue weighted by Gasteiger charge is -2.14. The van der Waals surface area contributed by atoms with Crippen LogP contribution in [0, 0.1) is 6.92 Å². The molecule has 0 unspecified atom stereocenters. The lowest BCUT2D eigenvalue weighted by Crippen LogP contribution is -2.31. The molecule has 0 bridgehead atoms. The van der Waals surface area contributed by atoms with Crippen molar-refractivity contribution >= 4 is 5.91 Å². The standard InChI is InChI=1S/C20H27N3O/c1-12(2)19-17(20(24)21-13(3)4)18(15-9-10-15)22-23(19)16-8-6-7-14(5)11-16/h6-8,11-13,15H,9-10H2,1-5H3,(H,21,24). The van der Waals surface area contributed by atoms with Crippen molar-refractivity contribution in [1.29, 1.82) is 0 Å². The lowest BCUT2D eigenvalue weighted by molar-refractivity contribution is 0.0940. The molecular formula is C20H27N3O. The van der Waals surface area contributed by atoms with Crippen LogP contribution in [0.4, 0.5) is 0 Å². The van der Waals surface area contributed by atoms with E-state index in [1.165, 1.54) is 5.56 Å². The summed E-state index contributed by atoms with van der Waals surface area (Å²) in [6, 6.07) is 8.43. The molecule has 4 nitrogen and oxygen atoms in total. The number of rotatable bonds is 5. The van der Waals surface area contributed by atoms with E-state index in [4.69, 9.17) is 5.10 Å². The third kappa shape index (κ3) is 3.23. The minimum Gasteiger partial charge on any atom is -0.350 e. The first-order chi connectivity index (χ1) is 11.4. The Hall–Kier alpha value is -2.10. The third-order valence-electron chi connectivity index (χ3n) is 4.35. The van der Waals surface area contributed by atoms with Crippen LogP contribution in [-0.2, 0) is 0 Å². The van der Waals surface area contributed by atoms with Crippen molar-refractivity contribution in [2.24, 2.45) is 0 Å². The van der Waals surface area contributed by atoms with Crippen molar-refractivity contribution in [2.75, 3.05) is 0 Å². The number of hydrogen-bond acceptors (Lipinski definition) is 2. The zero-order valence-electron chi connectivity index (χ0n) is 15.3. The largest absolute Gasteiger partial charge is 0.350 e. The van der Waals surface area contributed by atoms with E-state index >= 15 is 0 Å². The van der Waals surface area contributed by atoms with Crippen LogP contribution < -0.4 is 5.32 Å². The van der Waals surface area contributed by atoms with Gasteiger partial charge < -0.3 is 5.32 Å². The summed E-state index contributed by atoms with van der Waals surface area (Å²) in [7, 11) is 0. The van der Waals surface area contributed by atoms with Gasteiger partial charge in [0.2, 0.25) is 0 Å². The third-order valence-corrected chi connectivity index (χ3v) is 4.35. The van der Waals surface area contributed by atoms with Crippen LogP contribution in [0.3, 0.4) is 0 Å². The Morgan fingerprint density at radius 3 is 2.50 bits per heavy atom. The number of carbonyl (C=O) groups is 1. The van der Waals surface area contributed by atoms with Crippen LogP contribution >= 0.6 is 0 Å². The molecule has 1 aliphatic carbocycles. The number of nitrogens with one attached hydrogen (secondary N) is 1. The van der Waals surface area contributed by atoms with E-state index in [2.05, 4.69) is 44.3 Å². The zero-order chi connectivity index (χ0) is 17.4. The number of nitrogens with zero attached hydrogens (tertiary/aromatic N) is 2. The van der Waals surface area contributed by atoms with Crippen molar-refractivity contribution in [3.05, 3.63) is 46.8 Å². The predicted molar refractivity (Wildman–Crippen MR) is 97.0 cm³/mol. The number of hydrogen-bond donors (Lipinski definition) is 1. The fourth-order valence-electron chi connectivity index (χ4n) is 3.15. The highest BCUT2D eigenvalue weighted by Crippen LogP contribution is 2.43. The Bertz CT molecular complexity index is 754. The maximum atomic E-state index is 12.9. The molecule has 2 aromatic rings. The number of amides is 1. The minimum absolute atomic E-state index is 0.00880. The van der Waals surface area contributed by atoms with Crippen LogP contribution in [0.1, 0.15) is 79.7 Å². The molecule has 0 aliphatic heterocycles. The number of benzene rings is 1. The van der Waals surface area contributed by atoms with Gasteiger partial charge in [0.15, 0.2) is 0 Å². The SMILES string of the molecule is Cc1cccc(-n2nc(C3CC3)c(C(=O)NC(C)C)c2C(C)C)c1. The number of aryl methyl sites for hydroxylation is 1. The Kier molecular flexibility index (Phi) is 4.48. The quantitative estimate of drug-likeness (QED) is 0.890. The van der Waals surface area contributed by atoms with E-state index in [9.17, 15) is 4.79 Å². The first-order valence-electron chi connectivity index (χ1n) is 8.89. The van der Waals surface area contributed by atoms with Crippen molar-refractivity contribution in [2.45, 2.75) is 65.3 Å². The average Bonchev–Trinajstić information content (AvgIpc) is 3.25. The highest BCUT2D eigenvalue weighted by atomic mass is 16.1. The molecular weight excluding hydrogens is 298 g/mol. The molecule has 1 amide bonds. The van der Waals surface area contributed by atoms with Gasteiger partial charge in [-0.2, -0.15) is 5.10 Å². The summed E-state index contributed by atoms with van der Waals surface area (Å²) >= 11 is 0. The van der Waals surface area contributed by atoms with Crippen LogP contribution in [0.25, 0.3) is 5.69 Å². The zero-order valence-corrected chi connectivity index (χ0v) is 15.3. The van der Waals surface area contributed by atoms with Crippen molar-refractivity contribution in [3.8, 4) is 5.69 Å². The summed E-state index contributed by atoms with van der Waals surface area (Å²) in [5, 5.41) is 7.95. The van der Waals surface area contributed by atoms with E-state index in [-0.39, 0.29) is 17.9 Å². The van der Waals surface area contributed by atoms with E-state index in [1.807, 2.05) is 24.6 Å². The van der Waals surface area contributed by atoms with Gasteiger partial charge in [0.1, 0.15) is 0 Å². The summed E-state index contributed by atoms with van der Waals surface area (Å²) < 4.78 is 1.99. The van der Waals surface area contributed by atoms with Gasteiger partial charge >= 0.3 is 0 Å². The Morgan fingerprint density at radius 2 is 1.96 bits per heavy atom. The molecule has 4 heteroatoms. The van der Waals surface area contributed by atoms with Gasteiger partial charge in [-0.25, -0.2) is 4.68 Å². The average molecular weight is 325 g/mol. The summed E-state index contributed by atoms with van der Waals surface area (Å²) in [5.41, 5.74) is 5.00. The van der Waals surface area contributed by atoms with Crippen molar-refractivity contribution < 1.29 is 4.79 Å². The minimum atomic E-state index is 0.00880. The maximum absolute atomic E-state index is 12.9. The lowest BCUT2D eigenvalue weighted by atomic mass is 10.0. The van der Waals surface area contributed by atoms with Gasteiger partial charge in [-0.15, -0.1) is 0 Å².